The van der Waals surface area contributed by atoms with Crippen LogP contribution in [0.4, 0.5) is 20.8 Å². The lowest BCUT2D eigenvalue weighted by molar-refractivity contribution is 0.104. The van der Waals surface area contributed by atoms with Crippen LogP contribution in [0.5, 0.6) is 0 Å². The molecule has 5 nitrogen and oxygen atoms in total. The number of carbonyl (C=O) groups excluding carboxylic acids is 1. The fourth-order valence-electron chi connectivity index (χ4n) is 3.30. The van der Waals surface area contributed by atoms with E-state index in [0.717, 1.165) is 22.5 Å². The Balaban J connectivity index is 1.89. The van der Waals surface area contributed by atoms with Crippen LogP contribution in [-0.4, -0.2) is 14.2 Å². The van der Waals surface area contributed by atoms with Crippen molar-refractivity contribution in [1.82, 2.24) is 0 Å². The van der Waals surface area contributed by atoms with E-state index >= 15 is 0 Å². The molecule has 3 N–H and O–H groups in total. The number of hydrogen-bond acceptors (Lipinski definition) is 6. The molecule has 0 unspecified atom stereocenters. The Morgan fingerprint density at radius 3 is 2.09 bits per heavy atom. The highest BCUT2D eigenvalue weighted by molar-refractivity contribution is 7.92. The molecule has 4 rings (SSSR count). The average molecular weight is 481 g/mol. The monoisotopic (exact) mass is 480 g/mol. The fourth-order valence-corrected chi connectivity index (χ4v) is 6.23. The van der Waals surface area contributed by atoms with Gasteiger partial charge in [0.05, 0.1) is 16.3 Å². The maximum absolute atomic E-state index is 14.3. The molecular weight excluding hydrogens is 459 g/mol. The second kappa shape index (κ2) is 8.80. The first-order valence-electron chi connectivity index (χ1n) is 10.1. The van der Waals surface area contributed by atoms with Crippen LogP contribution in [0.1, 0.15) is 26.4 Å². The van der Waals surface area contributed by atoms with Gasteiger partial charge in [-0.1, -0.05) is 59.7 Å². The number of nitrogens with two attached hydrogens (primary N) is 1. The van der Waals surface area contributed by atoms with Crippen molar-refractivity contribution in [2.75, 3.05) is 11.1 Å². The first kappa shape index (κ1) is 22.7. The molecule has 0 aliphatic carbocycles. The van der Waals surface area contributed by atoms with Crippen LogP contribution in [0.2, 0.25) is 0 Å². The average Bonchev–Trinajstić information content (AvgIpc) is 3.12. The molecule has 0 radical (unpaired) electrons. The van der Waals surface area contributed by atoms with Crippen molar-refractivity contribution in [1.29, 1.82) is 0 Å². The number of nitrogens with one attached hydrogen (secondary N) is 1. The zero-order valence-corrected chi connectivity index (χ0v) is 19.6. The third-order valence-corrected chi connectivity index (χ3v) is 8.24. The summed E-state index contributed by atoms with van der Waals surface area (Å²) in [4.78, 5) is 13.1. The van der Waals surface area contributed by atoms with Gasteiger partial charge in [-0.2, -0.15) is 0 Å². The van der Waals surface area contributed by atoms with Crippen LogP contribution in [0.25, 0.3) is 0 Å². The van der Waals surface area contributed by atoms with Crippen molar-refractivity contribution in [3.63, 3.8) is 0 Å². The molecule has 33 heavy (non-hydrogen) atoms. The van der Waals surface area contributed by atoms with E-state index in [1.54, 1.807) is 42.5 Å². The number of anilines is 3. The van der Waals surface area contributed by atoms with Gasteiger partial charge >= 0.3 is 0 Å². The van der Waals surface area contributed by atoms with Gasteiger partial charge < -0.3 is 11.1 Å². The maximum atomic E-state index is 14.3. The minimum atomic E-state index is -4.10. The van der Waals surface area contributed by atoms with Crippen LogP contribution in [-0.2, 0) is 9.84 Å². The number of thiophene rings is 1. The van der Waals surface area contributed by atoms with Gasteiger partial charge in [0, 0.05) is 5.56 Å². The number of ketones is 1. The van der Waals surface area contributed by atoms with E-state index in [9.17, 15) is 17.6 Å². The molecule has 0 amide bonds. The highest BCUT2D eigenvalue weighted by Crippen LogP contribution is 2.44. The number of halogens is 1. The summed E-state index contributed by atoms with van der Waals surface area (Å²) in [5, 5.41) is 2.91. The smallest absolute Gasteiger partial charge is 0.211 e. The van der Waals surface area contributed by atoms with E-state index in [1.165, 1.54) is 30.3 Å². The summed E-state index contributed by atoms with van der Waals surface area (Å²) in [5.74, 6) is -0.964. The van der Waals surface area contributed by atoms with E-state index in [0.29, 0.717) is 5.56 Å². The molecule has 0 atom stereocenters. The predicted molar refractivity (Wildman–Crippen MR) is 130 cm³/mol. The van der Waals surface area contributed by atoms with Gasteiger partial charge in [0.25, 0.3) is 0 Å². The third-order valence-electron chi connectivity index (χ3n) is 5.14. The van der Waals surface area contributed by atoms with Crippen molar-refractivity contribution in [2.24, 2.45) is 0 Å². The molecule has 0 aliphatic heterocycles. The van der Waals surface area contributed by atoms with Crippen molar-refractivity contribution in [3.05, 3.63) is 100 Å². The fraction of sp³-hybridized carbons (Fsp3) is 0.0800. The molecule has 0 bridgehead atoms. The molecule has 3 aromatic carbocycles. The topological polar surface area (TPSA) is 89.3 Å². The molecule has 0 spiro atoms. The van der Waals surface area contributed by atoms with Crippen LogP contribution in [0, 0.1) is 19.7 Å². The first-order chi connectivity index (χ1) is 15.7. The number of para-hydroxylation sites is 1. The SMILES string of the molecule is Cc1ccc(C(=O)c2sc(Nc3ccccc3F)c(S(=O)(=O)c3ccc(C)cc3)c2N)cc1. The Hall–Kier alpha value is -3.49. The number of aryl methyl sites for hydroxylation is 2. The summed E-state index contributed by atoms with van der Waals surface area (Å²) >= 11 is 0.890. The number of benzene rings is 3. The summed E-state index contributed by atoms with van der Waals surface area (Å²) < 4.78 is 41.5. The van der Waals surface area contributed by atoms with Gasteiger partial charge in [-0.3, -0.25) is 4.79 Å². The van der Waals surface area contributed by atoms with E-state index in [1.807, 2.05) is 13.8 Å². The summed E-state index contributed by atoms with van der Waals surface area (Å²) in [5.41, 5.74) is 8.47. The highest BCUT2D eigenvalue weighted by atomic mass is 32.2. The van der Waals surface area contributed by atoms with Crippen molar-refractivity contribution in [2.45, 2.75) is 23.6 Å². The van der Waals surface area contributed by atoms with Gasteiger partial charge in [-0.05, 0) is 38.1 Å². The lowest BCUT2D eigenvalue weighted by Gasteiger charge is -2.10. The predicted octanol–water partition coefficient (Wildman–Crippen LogP) is 5.89. The number of sulfone groups is 1. The molecule has 0 saturated carbocycles. The normalized spacial score (nSPS) is 11.4. The zero-order valence-electron chi connectivity index (χ0n) is 17.9. The number of carbonyl (C=O) groups is 1. The van der Waals surface area contributed by atoms with Crippen molar-refractivity contribution >= 4 is 43.3 Å². The third kappa shape index (κ3) is 4.40. The van der Waals surface area contributed by atoms with Crippen LogP contribution in [0.15, 0.2) is 82.6 Å². The Morgan fingerprint density at radius 2 is 1.48 bits per heavy atom. The lowest BCUT2D eigenvalue weighted by Crippen LogP contribution is -2.08. The van der Waals surface area contributed by atoms with Gasteiger partial charge in [0.1, 0.15) is 20.6 Å². The minimum Gasteiger partial charge on any atom is -0.396 e. The van der Waals surface area contributed by atoms with Crippen molar-refractivity contribution in [3.8, 4) is 0 Å². The van der Waals surface area contributed by atoms with Gasteiger partial charge in [0.15, 0.2) is 0 Å². The standard InChI is InChI=1S/C25H21FN2O3S2/c1-15-7-11-17(12-8-15)22(29)23-21(27)24(33(30,31)18-13-9-16(2)10-14-18)25(32-23)28-20-6-4-3-5-19(20)26/h3-14,28H,27H2,1-2H3. The molecule has 8 heteroatoms. The largest absolute Gasteiger partial charge is 0.396 e. The highest BCUT2D eigenvalue weighted by Gasteiger charge is 2.32. The number of hydrogen-bond donors (Lipinski definition) is 2. The Kier molecular flexibility index (Phi) is 6.05. The second-order valence-electron chi connectivity index (χ2n) is 7.62. The molecule has 0 aliphatic rings. The minimum absolute atomic E-state index is 0.0310. The summed E-state index contributed by atoms with van der Waals surface area (Å²) in [6.45, 7) is 3.75. The van der Waals surface area contributed by atoms with Crippen LogP contribution < -0.4 is 11.1 Å². The number of rotatable bonds is 6. The Morgan fingerprint density at radius 1 is 0.909 bits per heavy atom. The lowest BCUT2D eigenvalue weighted by atomic mass is 10.1. The van der Waals surface area contributed by atoms with Crippen molar-refractivity contribution < 1.29 is 17.6 Å². The van der Waals surface area contributed by atoms with Gasteiger partial charge in [-0.25, -0.2) is 12.8 Å². The van der Waals surface area contributed by atoms with Crippen LogP contribution in [0.3, 0.4) is 0 Å². The van der Waals surface area contributed by atoms with Gasteiger partial charge in [0.2, 0.25) is 15.6 Å². The summed E-state index contributed by atoms with van der Waals surface area (Å²) in [6.07, 6.45) is 0. The molecular formula is C25H21FN2O3S2. The molecule has 168 valence electrons. The van der Waals surface area contributed by atoms with E-state index in [4.69, 9.17) is 5.73 Å². The summed E-state index contributed by atoms with van der Waals surface area (Å²) in [7, 11) is -4.10. The van der Waals surface area contributed by atoms with E-state index in [2.05, 4.69) is 5.32 Å². The first-order valence-corrected chi connectivity index (χ1v) is 12.4. The molecule has 4 aromatic rings. The van der Waals surface area contributed by atoms with E-state index < -0.39 is 21.4 Å². The summed E-state index contributed by atoms with van der Waals surface area (Å²) in [6, 6.07) is 19.1. The zero-order chi connectivity index (χ0) is 23.8. The molecule has 1 aromatic heterocycles. The Bertz CT molecular complexity index is 1440. The maximum Gasteiger partial charge on any atom is 0.211 e. The second-order valence-corrected chi connectivity index (χ2v) is 10.5. The molecule has 1 heterocycles. The molecule has 0 saturated heterocycles. The molecule has 0 fully saturated rings. The van der Waals surface area contributed by atoms with Gasteiger partial charge in [-0.15, -0.1) is 11.3 Å². The quantitative estimate of drug-likeness (QED) is 0.336. The van der Waals surface area contributed by atoms with E-state index in [-0.39, 0.29) is 31.0 Å². The Labute approximate surface area is 195 Å². The number of nitrogen functional groups attached to an aromatic ring is 1. The van der Waals surface area contributed by atoms with Crippen LogP contribution >= 0.6 is 11.3 Å².